The SMILES string of the molecule is CCS(=O)(=O)N(CC(=O)N(Cc1ccccc1Cl)[C@@H](Cc1ccccc1)C(=O)NCC(C)C)c1ccc2c(c1)OCCO2. The standard InChI is InChI=1S/C32H38ClN3O6S/c1-4-43(39,40)36(26-14-15-29-30(19-26)42-17-16-41-29)22-31(37)35(21-25-12-8-9-13-27(25)33)28(32(38)34-20-23(2)3)18-24-10-6-5-7-11-24/h5-15,19,23,28H,4,16-18,20-22H2,1-3H3,(H,34,38)/t28-/m0/s1. The number of benzene rings is 3. The predicted molar refractivity (Wildman–Crippen MR) is 168 cm³/mol. The van der Waals surface area contributed by atoms with Crippen molar-refractivity contribution < 1.29 is 27.5 Å². The van der Waals surface area contributed by atoms with E-state index in [1.165, 1.54) is 11.8 Å². The number of anilines is 1. The topological polar surface area (TPSA) is 105 Å². The Hall–Kier alpha value is -3.76. The lowest BCUT2D eigenvalue weighted by atomic mass is 10.0. The fraction of sp³-hybridized carbons (Fsp3) is 0.375. The molecule has 3 aromatic rings. The third-order valence-corrected chi connectivity index (χ3v) is 9.16. The molecule has 0 bridgehead atoms. The van der Waals surface area contributed by atoms with Gasteiger partial charge in [-0.2, -0.15) is 0 Å². The summed E-state index contributed by atoms with van der Waals surface area (Å²) in [6, 6.07) is 20.3. The fourth-order valence-corrected chi connectivity index (χ4v) is 5.94. The maximum absolute atomic E-state index is 14.3. The Bertz CT molecular complexity index is 1520. The molecule has 0 fully saturated rings. The van der Waals surface area contributed by atoms with Crippen molar-refractivity contribution in [1.29, 1.82) is 0 Å². The van der Waals surface area contributed by atoms with Crippen LogP contribution in [0.3, 0.4) is 0 Å². The maximum Gasteiger partial charge on any atom is 0.244 e. The van der Waals surface area contributed by atoms with Crippen LogP contribution in [0.15, 0.2) is 72.8 Å². The number of carbonyl (C=O) groups excluding carboxylic acids is 2. The van der Waals surface area contributed by atoms with Crippen LogP contribution in [0.4, 0.5) is 5.69 Å². The highest BCUT2D eigenvalue weighted by Crippen LogP contribution is 2.35. The molecule has 2 amide bonds. The van der Waals surface area contributed by atoms with Crippen molar-refractivity contribution in [3.8, 4) is 11.5 Å². The van der Waals surface area contributed by atoms with Crippen LogP contribution >= 0.6 is 11.6 Å². The average molecular weight is 628 g/mol. The van der Waals surface area contributed by atoms with E-state index in [0.29, 0.717) is 41.8 Å². The molecule has 9 nitrogen and oxygen atoms in total. The zero-order chi connectivity index (χ0) is 31.0. The number of fused-ring (bicyclic) bond motifs is 1. The highest BCUT2D eigenvalue weighted by molar-refractivity contribution is 7.92. The summed E-state index contributed by atoms with van der Waals surface area (Å²) in [5.74, 6) is -0.0264. The van der Waals surface area contributed by atoms with Gasteiger partial charge in [-0.3, -0.25) is 13.9 Å². The largest absolute Gasteiger partial charge is 0.486 e. The second kappa shape index (κ2) is 14.6. The summed E-state index contributed by atoms with van der Waals surface area (Å²) in [7, 11) is -3.91. The molecule has 4 rings (SSSR count). The van der Waals surface area contributed by atoms with Gasteiger partial charge in [-0.05, 0) is 42.2 Å². The van der Waals surface area contributed by atoms with E-state index in [4.69, 9.17) is 21.1 Å². The van der Waals surface area contributed by atoms with Gasteiger partial charge in [0.1, 0.15) is 25.8 Å². The summed E-state index contributed by atoms with van der Waals surface area (Å²) < 4.78 is 39.1. The molecule has 0 unspecified atom stereocenters. The summed E-state index contributed by atoms with van der Waals surface area (Å²) in [4.78, 5) is 29.5. The van der Waals surface area contributed by atoms with Crippen LogP contribution in [-0.4, -0.2) is 63.2 Å². The van der Waals surface area contributed by atoms with Gasteiger partial charge in [0, 0.05) is 30.6 Å². The van der Waals surface area contributed by atoms with Crippen molar-refractivity contribution >= 4 is 39.1 Å². The van der Waals surface area contributed by atoms with E-state index in [1.807, 2.05) is 44.2 Å². The van der Waals surface area contributed by atoms with E-state index in [1.54, 1.807) is 42.5 Å². The van der Waals surface area contributed by atoms with E-state index in [0.717, 1.165) is 9.87 Å². The molecule has 0 saturated heterocycles. The van der Waals surface area contributed by atoms with Crippen LogP contribution in [0.25, 0.3) is 0 Å². The number of ether oxygens (including phenoxy) is 2. The van der Waals surface area contributed by atoms with Crippen molar-refractivity contribution in [2.24, 2.45) is 5.92 Å². The molecule has 1 aliphatic heterocycles. The summed E-state index contributed by atoms with van der Waals surface area (Å²) >= 11 is 6.51. The van der Waals surface area contributed by atoms with Crippen molar-refractivity contribution in [1.82, 2.24) is 10.2 Å². The summed E-state index contributed by atoms with van der Waals surface area (Å²) in [6.45, 7) is 6.11. The van der Waals surface area contributed by atoms with Gasteiger partial charge >= 0.3 is 0 Å². The molecule has 0 radical (unpaired) electrons. The minimum Gasteiger partial charge on any atom is -0.486 e. The molecule has 230 valence electrons. The number of nitrogens with one attached hydrogen (secondary N) is 1. The number of nitrogens with zero attached hydrogens (tertiary/aromatic N) is 2. The van der Waals surface area contributed by atoms with Crippen molar-refractivity contribution in [2.45, 2.75) is 39.8 Å². The van der Waals surface area contributed by atoms with Crippen molar-refractivity contribution in [2.75, 3.05) is 36.4 Å². The average Bonchev–Trinajstić information content (AvgIpc) is 3.01. The first-order valence-electron chi connectivity index (χ1n) is 14.3. The second-order valence-electron chi connectivity index (χ2n) is 10.7. The zero-order valence-electron chi connectivity index (χ0n) is 24.7. The number of rotatable bonds is 13. The van der Waals surface area contributed by atoms with Crippen LogP contribution in [0, 0.1) is 5.92 Å². The molecule has 1 heterocycles. The molecular weight excluding hydrogens is 590 g/mol. The molecule has 1 aliphatic rings. The number of hydrogen-bond acceptors (Lipinski definition) is 6. The molecule has 0 spiro atoms. The number of hydrogen-bond donors (Lipinski definition) is 1. The van der Waals surface area contributed by atoms with Crippen LogP contribution in [0.5, 0.6) is 11.5 Å². The Labute approximate surface area is 258 Å². The van der Waals surface area contributed by atoms with Crippen LogP contribution in [-0.2, 0) is 32.6 Å². The third-order valence-electron chi connectivity index (χ3n) is 7.05. The Morgan fingerprint density at radius 3 is 2.30 bits per heavy atom. The lowest BCUT2D eigenvalue weighted by molar-refractivity contribution is -0.140. The van der Waals surface area contributed by atoms with Gasteiger partial charge in [0.15, 0.2) is 11.5 Å². The van der Waals surface area contributed by atoms with Gasteiger partial charge in [-0.1, -0.05) is 74.0 Å². The number of amides is 2. The van der Waals surface area contributed by atoms with Gasteiger partial charge in [-0.15, -0.1) is 0 Å². The molecule has 0 saturated carbocycles. The minimum atomic E-state index is -3.91. The predicted octanol–water partition coefficient (Wildman–Crippen LogP) is 4.68. The second-order valence-corrected chi connectivity index (χ2v) is 13.3. The van der Waals surface area contributed by atoms with Gasteiger partial charge in [0.2, 0.25) is 21.8 Å². The molecule has 0 aliphatic carbocycles. The summed E-state index contributed by atoms with van der Waals surface area (Å²) in [6.07, 6.45) is 0.228. The van der Waals surface area contributed by atoms with Crippen LogP contribution in [0.1, 0.15) is 31.9 Å². The quantitative estimate of drug-likeness (QED) is 0.295. The summed E-state index contributed by atoms with van der Waals surface area (Å²) in [5.41, 5.74) is 1.76. The molecule has 11 heteroatoms. The molecule has 0 aromatic heterocycles. The molecule has 1 N–H and O–H groups in total. The first-order valence-corrected chi connectivity index (χ1v) is 16.3. The first kappa shape index (κ1) is 32.2. The molecule has 3 aromatic carbocycles. The fourth-order valence-electron chi connectivity index (χ4n) is 4.69. The third kappa shape index (κ3) is 8.42. The van der Waals surface area contributed by atoms with Gasteiger partial charge in [0.05, 0.1) is 11.4 Å². The van der Waals surface area contributed by atoms with Gasteiger partial charge in [0.25, 0.3) is 0 Å². The number of carbonyl (C=O) groups is 2. The van der Waals surface area contributed by atoms with Gasteiger partial charge < -0.3 is 19.7 Å². The van der Waals surface area contributed by atoms with Crippen LogP contribution < -0.4 is 19.1 Å². The Morgan fingerprint density at radius 1 is 0.953 bits per heavy atom. The lowest BCUT2D eigenvalue weighted by Gasteiger charge is -2.34. The van der Waals surface area contributed by atoms with Crippen LogP contribution in [0.2, 0.25) is 5.02 Å². The number of halogens is 1. The van der Waals surface area contributed by atoms with Gasteiger partial charge in [-0.25, -0.2) is 8.42 Å². The summed E-state index contributed by atoms with van der Waals surface area (Å²) in [5, 5.41) is 3.41. The molecular formula is C32H38ClN3O6S. The van der Waals surface area contributed by atoms with E-state index >= 15 is 0 Å². The van der Waals surface area contributed by atoms with Crippen molar-refractivity contribution in [3.05, 3.63) is 88.9 Å². The Morgan fingerprint density at radius 2 is 1.63 bits per heavy atom. The van der Waals surface area contributed by atoms with Crippen molar-refractivity contribution in [3.63, 3.8) is 0 Å². The molecule has 1 atom stereocenters. The minimum absolute atomic E-state index is 0.00621. The van der Waals surface area contributed by atoms with E-state index < -0.39 is 28.5 Å². The normalized spacial score (nSPS) is 13.3. The number of sulfonamides is 1. The monoisotopic (exact) mass is 627 g/mol. The molecule has 43 heavy (non-hydrogen) atoms. The Balaban J connectivity index is 1.75. The zero-order valence-corrected chi connectivity index (χ0v) is 26.2. The highest BCUT2D eigenvalue weighted by atomic mass is 35.5. The smallest absolute Gasteiger partial charge is 0.244 e. The Kier molecular flexibility index (Phi) is 10.9. The first-order chi connectivity index (χ1) is 20.6. The lowest BCUT2D eigenvalue weighted by Crippen LogP contribution is -2.54. The highest BCUT2D eigenvalue weighted by Gasteiger charge is 2.34. The van der Waals surface area contributed by atoms with E-state index in [2.05, 4.69) is 5.32 Å². The maximum atomic E-state index is 14.3. The van der Waals surface area contributed by atoms with E-state index in [9.17, 15) is 18.0 Å². The van der Waals surface area contributed by atoms with E-state index in [-0.39, 0.29) is 36.2 Å².